The fourth-order valence-electron chi connectivity index (χ4n) is 4.38. The van der Waals surface area contributed by atoms with Crippen molar-refractivity contribution < 1.29 is 14.8 Å². The summed E-state index contributed by atoms with van der Waals surface area (Å²) < 4.78 is 0. The number of nitrogens with zero attached hydrogens (tertiary/aromatic N) is 1. The van der Waals surface area contributed by atoms with Gasteiger partial charge in [-0.2, -0.15) is 0 Å². The molecule has 3 aliphatic rings. The van der Waals surface area contributed by atoms with E-state index in [0.717, 1.165) is 44.2 Å². The van der Waals surface area contributed by atoms with Gasteiger partial charge < -0.3 is 4.90 Å². The van der Waals surface area contributed by atoms with E-state index in [1.807, 2.05) is 12.1 Å². The predicted octanol–water partition coefficient (Wildman–Crippen LogP) is 2.07. The van der Waals surface area contributed by atoms with E-state index in [1.165, 1.54) is 12.0 Å². The van der Waals surface area contributed by atoms with Gasteiger partial charge in [-0.1, -0.05) is 6.07 Å². The molecule has 1 heterocycles. The zero-order chi connectivity index (χ0) is 16.0. The lowest BCUT2D eigenvalue weighted by atomic mass is 9.70. The topological polar surface area (TPSA) is 69.6 Å². The fraction of sp³-hybridized carbons (Fsp3) is 0.556. The van der Waals surface area contributed by atoms with Crippen LogP contribution in [-0.4, -0.2) is 34.5 Å². The van der Waals surface area contributed by atoms with Crippen LogP contribution in [-0.2, 0) is 17.6 Å². The Morgan fingerprint density at radius 3 is 2.78 bits per heavy atom. The molecule has 1 saturated heterocycles. The lowest BCUT2D eigenvalue weighted by Gasteiger charge is -2.38. The summed E-state index contributed by atoms with van der Waals surface area (Å²) in [6, 6.07) is 6.07. The van der Waals surface area contributed by atoms with Crippen molar-refractivity contribution in [3.63, 3.8) is 0 Å². The third-order valence-electron chi connectivity index (χ3n) is 5.93. The fourth-order valence-corrected chi connectivity index (χ4v) is 4.38. The molecule has 122 valence electrons. The summed E-state index contributed by atoms with van der Waals surface area (Å²) in [5.74, 6) is -0.173. The third kappa shape index (κ3) is 2.43. The van der Waals surface area contributed by atoms with Gasteiger partial charge in [-0.05, 0) is 61.8 Å². The molecule has 2 N–H and O–H groups in total. The molecule has 0 bridgehead atoms. The standard InChI is InChI=1S/C18H22N2O3/c21-16-10-18(11-20(16)15-2-1-3-15)7-6-12-4-5-13(17(22)19-23)8-14(12)9-18/h4-5,8,15,23H,1-3,6-7,9-11H2,(H,19,22)/t18-/m1/s1. The van der Waals surface area contributed by atoms with Crippen LogP contribution in [0.1, 0.15) is 53.6 Å². The average Bonchev–Trinajstić information content (AvgIpc) is 2.80. The van der Waals surface area contributed by atoms with E-state index in [2.05, 4.69) is 4.90 Å². The summed E-state index contributed by atoms with van der Waals surface area (Å²) in [6.07, 6.45) is 7.04. The smallest absolute Gasteiger partial charge is 0.274 e. The molecule has 5 nitrogen and oxygen atoms in total. The maximum atomic E-state index is 12.4. The lowest BCUT2D eigenvalue weighted by molar-refractivity contribution is -0.131. The number of nitrogens with one attached hydrogen (secondary N) is 1. The molecule has 0 unspecified atom stereocenters. The molecule has 0 aromatic heterocycles. The van der Waals surface area contributed by atoms with Crippen LogP contribution in [0.2, 0.25) is 0 Å². The van der Waals surface area contributed by atoms with Gasteiger partial charge in [0.25, 0.3) is 5.91 Å². The molecular weight excluding hydrogens is 292 g/mol. The SMILES string of the molecule is O=C(NO)c1ccc2c(c1)C[C@]1(CC2)CC(=O)N(C2CCC2)C1. The zero-order valence-corrected chi connectivity index (χ0v) is 13.2. The molecule has 1 aromatic carbocycles. The van der Waals surface area contributed by atoms with E-state index < -0.39 is 5.91 Å². The maximum absolute atomic E-state index is 12.4. The molecule has 2 aliphatic carbocycles. The first-order valence-corrected chi connectivity index (χ1v) is 8.46. The summed E-state index contributed by atoms with van der Waals surface area (Å²) in [5.41, 5.74) is 4.62. The highest BCUT2D eigenvalue weighted by atomic mass is 16.5. The van der Waals surface area contributed by atoms with Gasteiger partial charge in [0, 0.05) is 30.0 Å². The highest BCUT2D eigenvalue weighted by Gasteiger charge is 2.47. The normalized spacial score (nSPS) is 27.0. The van der Waals surface area contributed by atoms with E-state index >= 15 is 0 Å². The first-order valence-electron chi connectivity index (χ1n) is 8.46. The molecule has 1 aromatic rings. The second-order valence-corrected chi connectivity index (χ2v) is 7.38. The minimum absolute atomic E-state index is 0.0357. The quantitative estimate of drug-likeness (QED) is 0.648. The van der Waals surface area contributed by atoms with Crippen molar-refractivity contribution in [3.05, 3.63) is 34.9 Å². The van der Waals surface area contributed by atoms with Crippen LogP contribution < -0.4 is 5.48 Å². The largest absolute Gasteiger partial charge is 0.339 e. The van der Waals surface area contributed by atoms with Gasteiger partial charge in [-0.25, -0.2) is 5.48 Å². The van der Waals surface area contributed by atoms with E-state index in [-0.39, 0.29) is 5.41 Å². The van der Waals surface area contributed by atoms with E-state index in [1.54, 1.807) is 11.5 Å². The van der Waals surface area contributed by atoms with Crippen molar-refractivity contribution in [3.8, 4) is 0 Å². The number of aryl methyl sites for hydroxylation is 1. The molecular formula is C18H22N2O3. The summed E-state index contributed by atoms with van der Waals surface area (Å²) in [5, 5.41) is 8.81. The number of rotatable bonds is 2. The van der Waals surface area contributed by atoms with Crippen molar-refractivity contribution >= 4 is 11.8 Å². The van der Waals surface area contributed by atoms with Gasteiger partial charge >= 0.3 is 0 Å². The third-order valence-corrected chi connectivity index (χ3v) is 5.93. The molecule has 2 amide bonds. The van der Waals surface area contributed by atoms with Crippen LogP contribution >= 0.6 is 0 Å². The van der Waals surface area contributed by atoms with Crippen LogP contribution in [0, 0.1) is 5.41 Å². The minimum Gasteiger partial charge on any atom is -0.339 e. The van der Waals surface area contributed by atoms with E-state index in [9.17, 15) is 9.59 Å². The molecule has 5 heteroatoms. The maximum Gasteiger partial charge on any atom is 0.274 e. The molecule has 1 aliphatic heterocycles. The Bertz CT molecular complexity index is 668. The first kappa shape index (κ1) is 14.7. The molecule has 1 spiro atoms. The molecule has 1 saturated carbocycles. The van der Waals surface area contributed by atoms with Crippen molar-refractivity contribution in [2.45, 2.75) is 51.0 Å². The number of benzene rings is 1. The van der Waals surface area contributed by atoms with Crippen molar-refractivity contribution in [2.75, 3.05) is 6.54 Å². The summed E-state index contributed by atoms with van der Waals surface area (Å²) in [4.78, 5) is 26.2. The van der Waals surface area contributed by atoms with Gasteiger partial charge in [0.15, 0.2) is 0 Å². The molecule has 1 atom stereocenters. The summed E-state index contributed by atoms with van der Waals surface area (Å²) >= 11 is 0. The second kappa shape index (κ2) is 5.34. The van der Waals surface area contributed by atoms with Gasteiger partial charge in [0.1, 0.15) is 0 Å². The van der Waals surface area contributed by atoms with E-state index in [0.29, 0.717) is 23.9 Å². The number of fused-ring (bicyclic) bond motifs is 1. The van der Waals surface area contributed by atoms with Crippen LogP contribution in [0.15, 0.2) is 18.2 Å². The number of carbonyl (C=O) groups is 2. The predicted molar refractivity (Wildman–Crippen MR) is 84.1 cm³/mol. The number of hydroxylamine groups is 1. The summed E-state index contributed by atoms with van der Waals surface area (Å²) in [6.45, 7) is 0.867. The molecule has 2 fully saturated rings. The number of hydrogen-bond acceptors (Lipinski definition) is 3. The Morgan fingerprint density at radius 1 is 1.26 bits per heavy atom. The Labute approximate surface area is 135 Å². The van der Waals surface area contributed by atoms with Crippen LogP contribution in [0.3, 0.4) is 0 Å². The van der Waals surface area contributed by atoms with Gasteiger partial charge in [0.2, 0.25) is 5.91 Å². The van der Waals surface area contributed by atoms with Crippen molar-refractivity contribution in [1.29, 1.82) is 0 Å². The van der Waals surface area contributed by atoms with Crippen LogP contribution in [0.5, 0.6) is 0 Å². The van der Waals surface area contributed by atoms with Gasteiger partial charge in [-0.15, -0.1) is 0 Å². The second-order valence-electron chi connectivity index (χ2n) is 7.38. The van der Waals surface area contributed by atoms with Crippen molar-refractivity contribution in [1.82, 2.24) is 10.4 Å². The van der Waals surface area contributed by atoms with Crippen molar-refractivity contribution in [2.24, 2.45) is 5.41 Å². The van der Waals surface area contributed by atoms with Gasteiger partial charge in [-0.3, -0.25) is 14.8 Å². The Morgan fingerprint density at radius 2 is 2.09 bits per heavy atom. The number of carbonyl (C=O) groups excluding carboxylic acids is 2. The highest BCUT2D eigenvalue weighted by Crippen LogP contribution is 2.45. The molecule has 4 rings (SSSR count). The Hall–Kier alpha value is -1.88. The van der Waals surface area contributed by atoms with Gasteiger partial charge in [0.05, 0.1) is 0 Å². The van der Waals surface area contributed by atoms with Crippen LogP contribution in [0.25, 0.3) is 0 Å². The number of hydrogen-bond donors (Lipinski definition) is 2. The van der Waals surface area contributed by atoms with E-state index in [4.69, 9.17) is 5.21 Å². The molecule has 0 radical (unpaired) electrons. The molecule has 23 heavy (non-hydrogen) atoms. The lowest BCUT2D eigenvalue weighted by Crippen LogP contribution is -2.42. The number of likely N-dealkylation sites (tertiary alicyclic amines) is 1. The Balaban J connectivity index is 1.58. The highest BCUT2D eigenvalue weighted by molar-refractivity contribution is 5.93. The first-order chi connectivity index (χ1) is 11.1. The minimum atomic E-state index is -0.481. The number of amides is 2. The monoisotopic (exact) mass is 314 g/mol. The Kier molecular flexibility index (Phi) is 3.41. The zero-order valence-electron chi connectivity index (χ0n) is 13.2. The average molecular weight is 314 g/mol. The summed E-state index contributed by atoms with van der Waals surface area (Å²) in [7, 11) is 0. The van der Waals surface area contributed by atoms with Crippen LogP contribution in [0.4, 0.5) is 0 Å².